The van der Waals surface area contributed by atoms with Gasteiger partial charge in [0.05, 0.1) is 5.25 Å². The summed E-state index contributed by atoms with van der Waals surface area (Å²) in [6.07, 6.45) is 6.49. The smallest absolute Gasteiger partial charge is 0.216 e. The molecule has 3 aliphatic rings. The predicted molar refractivity (Wildman–Crippen MR) is 71.8 cm³/mol. The molecule has 0 aromatic carbocycles. The van der Waals surface area contributed by atoms with Crippen LogP contribution in [0.1, 0.15) is 38.5 Å². The average Bonchev–Trinajstić information content (AvgIpc) is 3.25. The van der Waals surface area contributed by atoms with E-state index in [-0.39, 0.29) is 5.25 Å². The number of piperidine rings is 2. The van der Waals surface area contributed by atoms with E-state index in [9.17, 15) is 8.42 Å². The molecule has 0 amide bonds. The first-order valence-electron chi connectivity index (χ1n) is 7.37. The van der Waals surface area contributed by atoms with Crippen molar-refractivity contribution in [1.29, 1.82) is 0 Å². The number of hydrogen-bond donors (Lipinski definition) is 1. The van der Waals surface area contributed by atoms with E-state index in [1.54, 1.807) is 4.31 Å². The molecular weight excluding hydrogens is 248 g/mol. The minimum absolute atomic E-state index is 0.0343. The van der Waals surface area contributed by atoms with Gasteiger partial charge >= 0.3 is 0 Å². The third-order valence-corrected chi connectivity index (χ3v) is 7.25. The third-order valence-electron chi connectivity index (χ3n) is 4.85. The number of sulfonamides is 1. The van der Waals surface area contributed by atoms with E-state index >= 15 is 0 Å². The molecule has 1 saturated carbocycles. The zero-order chi connectivity index (χ0) is 12.6. The fourth-order valence-electron chi connectivity index (χ4n) is 3.49. The monoisotopic (exact) mass is 272 g/mol. The summed E-state index contributed by atoms with van der Waals surface area (Å²) in [6.45, 7) is 3.83. The Kier molecular flexibility index (Phi) is 3.65. The molecule has 1 aliphatic carbocycles. The second-order valence-corrected chi connectivity index (χ2v) is 8.28. The lowest BCUT2D eigenvalue weighted by atomic mass is 9.79. The van der Waals surface area contributed by atoms with Gasteiger partial charge < -0.3 is 5.32 Å². The molecule has 3 rings (SSSR count). The molecule has 0 aromatic heterocycles. The molecule has 1 N–H and O–H groups in total. The van der Waals surface area contributed by atoms with Gasteiger partial charge in [-0.1, -0.05) is 0 Å². The largest absolute Gasteiger partial charge is 0.317 e. The molecule has 18 heavy (non-hydrogen) atoms. The Labute approximate surface area is 110 Å². The van der Waals surface area contributed by atoms with Gasteiger partial charge in [0.25, 0.3) is 0 Å². The van der Waals surface area contributed by atoms with Crippen LogP contribution in [0.2, 0.25) is 0 Å². The standard InChI is InChI=1S/C13H24N2O2S/c16-18(17,13-1-2-13)15-9-5-12(6-10-15)11-3-7-14-8-4-11/h11-14H,1-10H2. The third kappa shape index (κ3) is 2.58. The van der Waals surface area contributed by atoms with Crippen molar-refractivity contribution in [2.24, 2.45) is 11.8 Å². The molecule has 2 aliphatic heterocycles. The molecule has 2 heterocycles. The van der Waals surface area contributed by atoms with Gasteiger partial charge in [-0.15, -0.1) is 0 Å². The minimum Gasteiger partial charge on any atom is -0.317 e. The van der Waals surface area contributed by atoms with Crippen molar-refractivity contribution in [1.82, 2.24) is 9.62 Å². The van der Waals surface area contributed by atoms with Crippen LogP contribution in [0.3, 0.4) is 0 Å². The zero-order valence-electron chi connectivity index (χ0n) is 11.0. The van der Waals surface area contributed by atoms with E-state index in [2.05, 4.69) is 5.32 Å². The van der Waals surface area contributed by atoms with Crippen LogP contribution < -0.4 is 5.32 Å². The molecule has 2 saturated heterocycles. The van der Waals surface area contributed by atoms with Gasteiger partial charge in [-0.3, -0.25) is 0 Å². The summed E-state index contributed by atoms with van der Waals surface area (Å²) in [5.74, 6) is 1.59. The molecule has 104 valence electrons. The van der Waals surface area contributed by atoms with Gasteiger partial charge in [0.2, 0.25) is 10.0 Å². The van der Waals surface area contributed by atoms with Crippen molar-refractivity contribution in [3.63, 3.8) is 0 Å². The number of rotatable bonds is 3. The van der Waals surface area contributed by atoms with Crippen molar-refractivity contribution in [2.75, 3.05) is 26.2 Å². The van der Waals surface area contributed by atoms with E-state index in [1.807, 2.05) is 0 Å². The number of nitrogens with one attached hydrogen (secondary N) is 1. The van der Waals surface area contributed by atoms with Crippen molar-refractivity contribution in [3.8, 4) is 0 Å². The maximum Gasteiger partial charge on any atom is 0.216 e. The van der Waals surface area contributed by atoms with E-state index in [1.165, 1.54) is 12.8 Å². The van der Waals surface area contributed by atoms with Gasteiger partial charge in [0.1, 0.15) is 0 Å². The predicted octanol–water partition coefficient (Wildman–Crippen LogP) is 1.19. The highest BCUT2D eigenvalue weighted by atomic mass is 32.2. The summed E-state index contributed by atoms with van der Waals surface area (Å²) in [5, 5.41) is 3.37. The highest BCUT2D eigenvalue weighted by Crippen LogP contribution is 2.36. The van der Waals surface area contributed by atoms with Crippen molar-refractivity contribution in [3.05, 3.63) is 0 Å². The van der Waals surface area contributed by atoms with E-state index in [0.717, 1.165) is 63.7 Å². The summed E-state index contributed by atoms with van der Waals surface area (Å²) in [4.78, 5) is 0. The van der Waals surface area contributed by atoms with Gasteiger partial charge in [0, 0.05) is 13.1 Å². The van der Waals surface area contributed by atoms with Crippen LogP contribution in [0.4, 0.5) is 0 Å². The van der Waals surface area contributed by atoms with Crippen LogP contribution in [-0.2, 0) is 10.0 Å². The highest BCUT2D eigenvalue weighted by Gasteiger charge is 2.41. The molecule has 0 spiro atoms. The lowest BCUT2D eigenvalue weighted by Crippen LogP contribution is -2.43. The van der Waals surface area contributed by atoms with E-state index in [4.69, 9.17) is 0 Å². The molecule has 0 unspecified atom stereocenters. The fourth-order valence-corrected chi connectivity index (χ4v) is 5.37. The maximum atomic E-state index is 12.1. The molecular formula is C13H24N2O2S. The molecule has 4 nitrogen and oxygen atoms in total. The lowest BCUT2D eigenvalue weighted by Gasteiger charge is -2.37. The summed E-state index contributed by atoms with van der Waals surface area (Å²) in [5.41, 5.74) is 0. The highest BCUT2D eigenvalue weighted by molar-refractivity contribution is 7.90. The molecule has 5 heteroatoms. The van der Waals surface area contributed by atoms with Crippen LogP contribution in [0, 0.1) is 11.8 Å². The second kappa shape index (κ2) is 5.10. The molecule has 3 fully saturated rings. The summed E-state index contributed by atoms with van der Waals surface area (Å²) >= 11 is 0. The second-order valence-electron chi connectivity index (χ2n) is 6.07. The Hall–Kier alpha value is -0.130. The average molecular weight is 272 g/mol. The minimum atomic E-state index is -2.92. The Balaban J connectivity index is 1.54. The van der Waals surface area contributed by atoms with Crippen LogP contribution in [0.25, 0.3) is 0 Å². The Morgan fingerprint density at radius 2 is 1.39 bits per heavy atom. The number of nitrogens with zero attached hydrogens (tertiary/aromatic N) is 1. The first-order valence-corrected chi connectivity index (χ1v) is 8.88. The maximum absolute atomic E-state index is 12.1. The van der Waals surface area contributed by atoms with Crippen LogP contribution in [-0.4, -0.2) is 44.2 Å². The van der Waals surface area contributed by atoms with Crippen LogP contribution >= 0.6 is 0 Å². The van der Waals surface area contributed by atoms with Gasteiger partial charge in [-0.05, 0) is 63.5 Å². The fraction of sp³-hybridized carbons (Fsp3) is 1.00. The van der Waals surface area contributed by atoms with Gasteiger partial charge in [-0.2, -0.15) is 0 Å². The van der Waals surface area contributed by atoms with Gasteiger partial charge in [0.15, 0.2) is 0 Å². The Morgan fingerprint density at radius 1 is 0.833 bits per heavy atom. The lowest BCUT2D eigenvalue weighted by molar-refractivity contribution is 0.176. The summed E-state index contributed by atoms with van der Waals surface area (Å²) in [7, 11) is -2.92. The van der Waals surface area contributed by atoms with Crippen LogP contribution in [0.15, 0.2) is 0 Å². The SMILES string of the molecule is O=S(=O)(C1CC1)N1CCC(C2CCNCC2)CC1. The molecule has 0 bridgehead atoms. The van der Waals surface area contributed by atoms with E-state index in [0.29, 0.717) is 0 Å². The Bertz CT molecular complexity index is 378. The van der Waals surface area contributed by atoms with Gasteiger partial charge in [-0.25, -0.2) is 12.7 Å². The molecule has 0 aromatic rings. The molecule has 0 radical (unpaired) electrons. The first-order chi connectivity index (χ1) is 8.68. The first kappa shape index (κ1) is 12.9. The normalized spacial score (nSPS) is 29.6. The van der Waals surface area contributed by atoms with Crippen LogP contribution in [0.5, 0.6) is 0 Å². The number of hydrogen-bond acceptors (Lipinski definition) is 3. The summed E-state index contributed by atoms with van der Waals surface area (Å²) < 4.78 is 26.1. The zero-order valence-corrected chi connectivity index (χ0v) is 11.8. The Morgan fingerprint density at radius 3 is 1.94 bits per heavy atom. The topological polar surface area (TPSA) is 49.4 Å². The van der Waals surface area contributed by atoms with Crippen molar-refractivity contribution < 1.29 is 8.42 Å². The van der Waals surface area contributed by atoms with Crippen molar-refractivity contribution >= 4 is 10.0 Å². The summed E-state index contributed by atoms with van der Waals surface area (Å²) in [6, 6.07) is 0. The van der Waals surface area contributed by atoms with Crippen molar-refractivity contribution in [2.45, 2.75) is 43.8 Å². The molecule has 0 atom stereocenters. The quantitative estimate of drug-likeness (QED) is 0.839. The van der Waals surface area contributed by atoms with E-state index < -0.39 is 10.0 Å².